The van der Waals surface area contributed by atoms with Crippen LogP contribution in [0, 0.1) is 17.8 Å². The predicted molar refractivity (Wildman–Crippen MR) is 85.7 cm³/mol. The first-order valence-electron chi connectivity index (χ1n) is 8.10. The van der Waals surface area contributed by atoms with Gasteiger partial charge in [0.1, 0.15) is 0 Å². The van der Waals surface area contributed by atoms with Crippen LogP contribution in [0.4, 0.5) is 0 Å². The average Bonchev–Trinajstić information content (AvgIpc) is 3.07. The molecule has 0 radical (unpaired) electrons. The number of aryl methyl sites for hydroxylation is 1. The third-order valence-corrected chi connectivity index (χ3v) is 5.14. The van der Waals surface area contributed by atoms with Gasteiger partial charge < -0.3 is 5.32 Å². The number of hydrogen-bond acceptors (Lipinski definition) is 1. The van der Waals surface area contributed by atoms with E-state index in [-0.39, 0.29) is 5.54 Å². The lowest BCUT2D eigenvalue weighted by Crippen LogP contribution is -2.43. The normalized spacial score (nSPS) is 28.2. The fraction of sp³-hybridized carbons (Fsp3) is 0.579. The van der Waals surface area contributed by atoms with Crippen LogP contribution in [-0.2, 0) is 6.42 Å². The molecule has 0 heterocycles. The molecule has 0 aromatic heterocycles. The summed E-state index contributed by atoms with van der Waals surface area (Å²) in [6.45, 7) is 5.88. The van der Waals surface area contributed by atoms with Crippen LogP contribution in [0.2, 0.25) is 0 Å². The van der Waals surface area contributed by atoms with Gasteiger partial charge in [0.25, 0.3) is 0 Å². The Kier molecular flexibility index (Phi) is 3.98. The fourth-order valence-corrected chi connectivity index (χ4v) is 3.73. The highest BCUT2D eigenvalue weighted by Gasteiger charge is 2.35. The standard InChI is InChI=1S/C19H27N/c1-19(2,11-10-15-6-4-3-5-7-15)20-14-18-13-16-8-9-17(18)12-16/h3-9,16-18,20H,10-14H2,1-2H3. The van der Waals surface area contributed by atoms with E-state index in [4.69, 9.17) is 0 Å². The first-order chi connectivity index (χ1) is 9.62. The Morgan fingerprint density at radius 2 is 1.90 bits per heavy atom. The smallest absolute Gasteiger partial charge is 0.0128 e. The lowest BCUT2D eigenvalue weighted by molar-refractivity contribution is 0.309. The van der Waals surface area contributed by atoms with Crippen molar-refractivity contribution >= 4 is 0 Å². The van der Waals surface area contributed by atoms with Crippen molar-refractivity contribution < 1.29 is 0 Å². The number of hydrogen-bond donors (Lipinski definition) is 1. The molecule has 1 aromatic carbocycles. The molecule has 1 N–H and O–H groups in total. The van der Waals surface area contributed by atoms with Crippen molar-refractivity contribution in [2.24, 2.45) is 17.8 Å². The molecule has 3 atom stereocenters. The molecule has 2 aliphatic rings. The predicted octanol–water partition coefficient (Wildman–Crippen LogP) is 4.20. The number of benzene rings is 1. The van der Waals surface area contributed by atoms with E-state index in [0.717, 1.165) is 24.2 Å². The average molecular weight is 269 g/mol. The molecule has 108 valence electrons. The van der Waals surface area contributed by atoms with Gasteiger partial charge in [-0.3, -0.25) is 0 Å². The second-order valence-electron chi connectivity index (χ2n) is 7.29. The summed E-state index contributed by atoms with van der Waals surface area (Å²) >= 11 is 0. The summed E-state index contributed by atoms with van der Waals surface area (Å²) in [6, 6.07) is 10.8. The van der Waals surface area contributed by atoms with E-state index in [1.807, 2.05) is 0 Å². The Morgan fingerprint density at radius 3 is 2.55 bits per heavy atom. The van der Waals surface area contributed by atoms with Crippen molar-refractivity contribution in [1.82, 2.24) is 5.32 Å². The van der Waals surface area contributed by atoms with Crippen LogP contribution in [0.1, 0.15) is 38.7 Å². The summed E-state index contributed by atoms with van der Waals surface area (Å²) < 4.78 is 0. The summed E-state index contributed by atoms with van der Waals surface area (Å²) in [5.41, 5.74) is 1.69. The van der Waals surface area contributed by atoms with Crippen molar-refractivity contribution in [3.05, 3.63) is 48.0 Å². The summed E-state index contributed by atoms with van der Waals surface area (Å²) in [7, 11) is 0. The molecule has 3 rings (SSSR count). The molecule has 3 unspecified atom stereocenters. The third-order valence-electron chi connectivity index (χ3n) is 5.14. The summed E-state index contributed by atoms with van der Waals surface area (Å²) in [4.78, 5) is 0. The molecule has 0 aliphatic heterocycles. The maximum atomic E-state index is 3.82. The van der Waals surface area contributed by atoms with Crippen molar-refractivity contribution in [3.63, 3.8) is 0 Å². The number of allylic oxidation sites excluding steroid dienone is 2. The van der Waals surface area contributed by atoms with Gasteiger partial charge >= 0.3 is 0 Å². The van der Waals surface area contributed by atoms with E-state index in [0.29, 0.717) is 0 Å². The summed E-state index contributed by atoms with van der Waals surface area (Å²) in [6.07, 6.45) is 10.1. The molecular weight excluding hydrogens is 242 g/mol. The van der Waals surface area contributed by atoms with E-state index in [1.54, 1.807) is 0 Å². The van der Waals surface area contributed by atoms with E-state index in [2.05, 4.69) is 61.6 Å². The first-order valence-corrected chi connectivity index (χ1v) is 8.10. The van der Waals surface area contributed by atoms with Gasteiger partial charge in [-0.05, 0) is 69.4 Å². The molecule has 2 aliphatic carbocycles. The largest absolute Gasteiger partial charge is 0.311 e. The number of nitrogens with one attached hydrogen (secondary N) is 1. The molecule has 1 aromatic rings. The van der Waals surface area contributed by atoms with Crippen molar-refractivity contribution in [2.45, 2.75) is 45.1 Å². The lowest BCUT2D eigenvalue weighted by atomic mass is 9.90. The topological polar surface area (TPSA) is 12.0 Å². The van der Waals surface area contributed by atoms with Gasteiger partial charge in [-0.15, -0.1) is 0 Å². The molecule has 1 heteroatoms. The van der Waals surface area contributed by atoms with Gasteiger partial charge in [0.15, 0.2) is 0 Å². The molecular formula is C19H27N. The molecule has 1 fully saturated rings. The van der Waals surface area contributed by atoms with Crippen LogP contribution in [0.25, 0.3) is 0 Å². The van der Waals surface area contributed by atoms with Gasteiger partial charge in [0.2, 0.25) is 0 Å². The minimum Gasteiger partial charge on any atom is -0.311 e. The van der Waals surface area contributed by atoms with Crippen LogP contribution in [0.3, 0.4) is 0 Å². The van der Waals surface area contributed by atoms with Crippen molar-refractivity contribution in [1.29, 1.82) is 0 Å². The van der Waals surface area contributed by atoms with Gasteiger partial charge in [0.05, 0.1) is 0 Å². The molecule has 0 saturated heterocycles. The zero-order chi connectivity index (χ0) is 14.0. The maximum Gasteiger partial charge on any atom is 0.0128 e. The Morgan fingerprint density at radius 1 is 1.10 bits per heavy atom. The Labute approximate surface area is 123 Å². The van der Waals surface area contributed by atoms with Crippen LogP contribution in [-0.4, -0.2) is 12.1 Å². The van der Waals surface area contributed by atoms with E-state index in [9.17, 15) is 0 Å². The fourth-order valence-electron chi connectivity index (χ4n) is 3.73. The first kappa shape index (κ1) is 13.9. The molecule has 2 bridgehead atoms. The molecule has 0 amide bonds. The third kappa shape index (κ3) is 3.32. The van der Waals surface area contributed by atoms with Gasteiger partial charge in [-0.25, -0.2) is 0 Å². The summed E-state index contributed by atoms with van der Waals surface area (Å²) in [5.74, 6) is 2.62. The highest BCUT2D eigenvalue weighted by Crippen LogP contribution is 2.43. The minimum atomic E-state index is 0.237. The second-order valence-corrected chi connectivity index (χ2v) is 7.29. The van der Waals surface area contributed by atoms with Gasteiger partial charge in [-0.1, -0.05) is 42.5 Å². The zero-order valence-corrected chi connectivity index (χ0v) is 12.8. The van der Waals surface area contributed by atoms with E-state index in [1.165, 1.54) is 31.4 Å². The van der Waals surface area contributed by atoms with Crippen LogP contribution in [0.15, 0.2) is 42.5 Å². The SMILES string of the molecule is CC(C)(CCc1ccccc1)NCC1CC2C=CC1C2. The maximum absolute atomic E-state index is 3.82. The van der Waals surface area contributed by atoms with Crippen LogP contribution < -0.4 is 5.32 Å². The number of rotatable bonds is 6. The second kappa shape index (κ2) is 5.73. The Bertz CT molecular complexity index is 460. The van der Waals surface area contributed by atoms with Crippen LogP contribution >= 0.6 is 0 Å². The van der Waals surface area contributed by atoms with Gasteiger partial charge in [-0.2, -0.15) is 0 Å². The number of fused-ring (bicyclic) bond motifs is 2. The summed E-state index contributed by atoms with van der Waals surface area (Å²) in [5, 5.41) is 3.82. The molecule has 20 heavy (non-hydrogen) atoms. The van der Waals surface area contributed by atoms with Crippen molar-refractivity contribution in [3.8, 4) is 0 Å². The Balaban J connectivity index is 1.45. The van der Waals surface area contributed by atoms with Crippen LogP contribution in [0.5, 0.6) is 0 Å². The molecule has 0 spiro atoms. The highest BCUT2D eigenvalue weighted by molar-refractivity contribution is 5.15. The van der Waals surface area contributed by atoms with E-state index >= 15 is 0 Å². The monoisotopic (exact) mass is 269 g/mol. The molecule has 1 saturated carbocycles. The van der Waals surface area contributed by atoms with Gasteiger partial charge in [0, 0.05) is 5.54 Å². The van der Waals surface area contributed by atoms with E-state index < -0.39 is 0 Å². The molecule has 1 nitrogen and oxygen atoms in total. The highest BCUT2D eigenvalue weighted by atomic mass is 15.0. The quantitative estimate of drug-likeness (QED) is 0.763. The zero-order valence-electron chi connectivity index (χ0n) is 12.8. The van der Waals surface area contributed by atoms with Crippen molar-refractivity contribution in [2.75, 3.05) is 6.54 Å². The Hall–Kier alpha value is -1.08. The lowest BCUT2D eigenvalue weighted by Gasteiger charge is -2.30. The minimum absolute atomic E-state index is 0.237.